The molecule has 1 aromatic rings. The van der Waals surface area contributed by atoms with Gasteiger partial charge in [-0.3, -0.25) is 4.90 Å². The van der Waals surface area contributed by atoms with Gasteiger partial charge in [0.1, 0.15) is 0 Å². The number of halogens is 4. The van der Waals surface area contributed by atoms with Crippen molar-refractivity contribution in [3.05, 3.63) is 35.9 Å². The highest BCUT2D eigenvalue weighted by atomic mass is 35.5. The highest BCUT2D eigenvalue weighted by Gasteiger charge is 2.40. The molecule has 0 amide bonds. The van der Waals surface area contributed by atoms with Gasteiger partial charge in [0.2, 0.25) is 0 Å². The van der Waals surface area contributed by atoms with E-state index >= 15 is 0 Å². The number of benzene rings is 1. The molecule has 1 unspecified atom stereocenters. The normalized spacial score (nSPS) is 13.6. The number of rotatable bonds is 6. The number of hydrogen-bond donors (Lipinski definition) is 0. The van der Waals surface area contributed by atoms with Crippen molar-refractivity contribution < 1.29 is 13.2 Å². The van der Waals surface area contributed by atoms with Crippen molar-refractivity contribution >= 4 is 12.4 Å². The van der Waals surface area contributed by atoms with Crippen molar-refractivity contribution in [2.45, 2.75) is 58.3 Å². The lowest BCUT2D eigenvalue weighted by Gasteiger charge is -2.32. The Morgan fingerprint density at radius 1 is 0.952 bits per heavy atom. The maximum absolute atomic E-state index is 13.2. The molecular weight excluding hydrogens is 299 g/mol. The summed E-state index contributed by atoms with van der Waals surface area (Å²) in [6.07, 6.45) is -4.09. The van der Waals surface area contributed by atoms with E-state index in [2.05, 4.69) is 4.90 Å². The Bertz CT molecular complexity index is 382. The van der Waals surface area contributed by atoms with Crippen LogP contribution in [0.25, 0.3) is 0 Å². The van der Waals surface area contributed by atoms with E-state index in [4.69, 9.17) is 0 Å². The Kier molecular flexibility index (Phi) is 8.34. The molecule has 1 nitrogen and oxygen atoms in total. The molecule has 0 N–H and O–H groups in total. The summed E-state index contributed by atoms with van der Waals surface area (Å²) in [6, 6.07) is 8.69. The van der Waals surface area contributed by atoms with Crippen molar-refractivity contribution in [1.29, 1.82) is 0 Å². The Balaban J connectivity index is 0.00000400. The van der Waals surface area contributed by atoms with Crippen molar-refractivity contribution in [2.75, 3.05) is 6.54 Å². The lowest BCUT2D eigenvalue weighted by molar-refractivity contribution is -0.153. The van der Waals surface area contributed by atoms with E-state index < -0.39 is 12.1 Å². The molecule has 0 fully saturated rings. The second-order valence-electron chi connectivity index (χ2n) is 5.72. The van der Waals surface area contributed by atoms with E-state index in [1.807, 2.05) is 27.7 Å². The fourth-order valence-corrected chi connectivity index (χ4v) is 2.60. The Labute approximate surface area is 131 Å². The summed E-state index contributed by atoms with van der Waals surface area (Å²) in [5.41, 5.74) is 0.354. The van der Waals surface area contributed by atoms with Gasteiger partial charge in [-0.15, -0.1) is 12.4 Å². The zero-order valence-electron chi connectivity index (χ0n) is 13.0. The standard InChI is InChI=1S/C16H24F3N.ClH/c1-12(2)20(13(3)4)11-10-15(16(17,18)19)14-8-6-5-7-9-14;/h5-9,12-13,15H,10-11H2,1-4H3;1H. The van der Waals surface area contributed by atoms with Crippen LogP contribution in [0.15, 0.2) is 30.3 Å². The van der Waals surface area contributed by atoms with Crippen LogP contribution in [0, 0.1) is 0 Å². The summed E-state index contributed by atoms with van der Waals surface area (Å²) >= 11 is 0. The first-order valence-electron chi connectivity index (χ1n) is 7.11. The predicted octanol–water partition coefficient (Wildman–Crippen LogP) is 5.26. The molecule has 0 radical (unpaired) electrons. The van der Waals surface area contributed by atoms with Crippen LogP contribution in [0.1, 0.15) is 45.6 Å². The molecule has 0 aliphatic rings. The van der Waals surface area contributed by atoms with Crippen molar-refractivity contribution in [1.82, 2.24) is 4.90 Å². The third-order valence-electron chi connectivity index (χ3n) is 3.60. The number of alkyl halides is 3. The zero-order chi connectivity index (χ0) is 15.3. The molecule has 0 spiro atoms. The molecule has 5 heteroatoms. The predicted molar refractivity (Wildman–Crippen MR) is 84.1 cm³/mol. The van der Waals surface area contributed by atoms with Gasteiger partial charge >= 0.3 is 6.18 Å². The summed E-state index contributed by atoms with van der Waals surface area (Å²) in [7, 11) is 0. The Morgan fingerprint density at radius 2 is 1.43 bits per heavy atom. The molecule has 0 aliphatic carbocycles. The molecule has 0 aromatic heterocycles. The average molecular weight is 324 g/mol. The van der Waals surface area contributed by atoms with Gasteiger partial charge in [-0.25, -0.2) is 0 Å². The van der Waals surface area contributed by atoms with Crippen LogP contribution in [0.3, 0.4) is 0 Å². The van der Waals surface area contributed by atoms with Gasteiger partial charge < -0.3 is 0 Å². The minimum Gasteiger partial charge on any atom is -0.299 e. The molecular formula is C16H25ClF3N. The van der Waals surface area contributed by atoms with Crippen molar-refractivity contribution in [2.24, 2.45) is 0 Å². The number of hydrogen-bond acceptors (Lipinski definition) is 1. The maximum Gasteiger partial charge on any atom is 0.395 e. The SMILES string of the molecule is CC(C)N(CCC(c1ccccc1)C(F)(F)F)C(C)C.Cl. The Hall–Kier alpha value is -0.740. The highest BCUT2D eigenvalue weighted by Crippen LogP contribution is 2.37. The molecule has 0 saturated heterocycles. The van der Waals surface area contributed by atoms with Crippen LogP contribution >= 0.6 is 12.4 Å². The van der Waals surface area contributed by atoms with Gasteiger partial charge in [0, 0.05) is 12.1 Å². The summed E-state index contributed by atoms with van der Waals surface area (Å²) < 4.78 is 39.7. The summed E-state index contributed by atoms with van der Waals surface area (Å²) in [6.45, 7) is 8.53. The monoisotopic (exact) mass is 323 g/mol. The van der Waals surface area contributed by atoms with Crippen LogP contribution < -0.4 is 0 Å². The van der Waals surface area contributed by atoms with Gasteiger partial charge in [0.15, 0.2) is 0 Å². The van der Waals surface area contributed by atoms with Gasteiger partial charge in [0.25, 0.3) is 0 Å². The summed E-state index contributed by atoms with van der Waals surface area (Å²) in [5, 5.41) is 0. The smallest absolute Gasteiger partial charge is 0.299 e. The van der Waals surface area contributed by atoms with Gasteiger partial charge in [-0.2, -0.15) is 13.2 Å². The van der Waals surface area contributed by atoms with E-state index in [0.717, 1.165) is 0 Å². The molecule has 122 valence electrons. The molecule has 0 bridgehead atoms. The van der Waals surface area contributed by atoms with Crippen molar-refractivity contribution in [3.63, 3.8) is 0 Å². The first-order valence-corrected chi connectivity index (χ1v) is 7.11. The van der Waals surface area contributed by atoms with Crippen LogP contribution in [-0.4, -0.2) is 29.7 Å². The summed E-state index contributed by atoms with van der Waals surface area (Å²) in [5.74, 6) is -1.39. The van der Waals surface area contributed by atoms with Gasteiger partial charge in [-0.1, -0.05) is 30.3 Å². The van der Waals surface area contributed by atoms with E-state index in [0.29, 0.717) is 12.1 Å². The molecule has 21 heavy (non-hydrogen) atoms. The molecule has 0 heterocycles. The van der Waals surface area contributed by atoms with Crippen molar-refractivity contribution in [3.8, 4) is 0 Å². The number of nitrogens with zero attached hydrogens (tertiary/aromatic N) is 1. The van der Waals surface area contributed by atoms with Gasteiger partial charge in [0.05, 0.1) is 5.92 Å². The minimum absolute atomic E-state index is 0. The van der Waals surface area contributed by atoms with E-state index in [1.54, 1.807) is 30.3 Å². The van der Waals surface area contributed by atoms with Crippen LogP contribution in [0.5, 0.6) is 0 Å². The first-order chi connectivity index (χ1) is 9.23. The second-order valence-corrected chi connectivity index (χ2v) is 5.72. The maximum atomic E-state index is 13.2. The van der Waals surface area contributed by atoms with Gasteiger partial charge in [-0.05, 0) is 46.2 Å². The fraction of sp³-hybridized carbons (Fsp3) is 0.625. The largest absolute Gasteiger partial charge is 0.395 e. The molecule has 0 saturated carbocycles. The van der Waals surface area contributed by atoms with E-state index in [-0.39, 0.29) is 30.9 Å². The molecule has 1 atom stereocenters. The third kappa shape index (κ3) is 6.27. The first kappa shape index (κ1) is 20.3. The van der Waals surface area contributed by atoms with E-state index in [9.17, 15) is 13.2 Å². The van der Waals surface area contributed by atoms with Crippen LogP contribution in [0.4, 0.5) is 13.2 Å². The summed E-state index contributed by atoms with van der Waals surface area (Å²) in [4.78, 5) is 2.10. The fourth-order valence-electron chi connectivity index (χ4n) is 2.60. The molecule has 0 aliphatic heterocycles. The second kappa shape index (κ2) is 8.64. The van der Waals surface area contributed by atoms with Crippen LogP contribution in [0.2, 0.25) is 0 Å². The molecule has 1 rings (SSSR count). The van der Waals surface area contributed by atoms with Crippen LogP contribution in [-0.2, 0) is 0 Å². The lowest BCUT2D eigenvalue weighted by Crippen LogP contribution is -2.39. The zero-order valence-corrected chi connectivity index (χ0v) is 13.8. The lowest BCUT2D eigenvalue weighted by atomic mass is 9.94. The molecule has 1 aromatic carbocycles. The average Bonchev–Trinajstić information content (AvgIpc) is 2.33. The topological polar surface area (TPSA) is 3.24 Å². The highest BCUT2D eigenvalue weighted by molar-refractivity contribution is 5.85. The Morgan fingerprint density at radius 3 is 1.81 bits per heavy atom. The third-order valence-corrected chi connectivity index (χ3v) is 3.60. The quantitative estimate of drug-likeness (QED) is 0.690. The minimum atomic E-state index is -4.19. The van der Waals surface area contributed by atoms with E-state index in [1.165, 1.54) is 0 Å².